The molecule has 2 aromatic carbocycles. The molecule has 11 heteroatoms. The summed E-state index contributed by atoms with van der Waals surface area (Å²) in [7, 11) is 1.68. The largest absolute Gasteiger partial charge is 0.508 e. The van der Waals surface area contributed by atoms with Gasteiger partial charge in [-0.25, -0.2) is 5.01 Å². The molecular weight excluding hydrogens is 683 g/mol. The third kappa shape index (κ3) is 8.36. The summed E-state index contributed by atoms with van der Waals surface area (Å²) in [5.74, 6) is -0.689. The number of fused-ring (bicyclic) bond motifs is 4. The quantitative estimate of drug-likeness (QED) is 0.151. The molecule has 0 unspecified atom stereocenters. The average molecular weight is 736 g/mol. The fourth-order valence-corrected chi connectivity index (χ4v) is 7.67. The highest BCUT2D eigenvalue weighted by molar-refractivity contribution is 5.95. The van der Waals surface area contributed by atoms with Crippen LogP contribution in [0.3, 0.4) is 0 Å². The van der Waals surface area contributed by atoms with Gasteiger partial charge in [-0.2, -0.15) is 5.10 Å². The molecule has 2 aromatic heterocycles. The Morgan fingerprint density at radius 2 is 1.94 bits per heavy atom. The van der Waals surface area contributed by atoms with E-state index in [9.17, 15) is 19.5 Å². The maximum Gasteiger partial charge on any atom is 0.305 e. The van der Waals surface area contributed by atoms with E-state index in [1.54, 1.807) is 25.4 Å². The van der Waals surface area contributed by atoms with Crippen molar-refractivity contribution in [1.82, 2.24) is 19.9 Å². The number of methoxy groups -OCH3 is 1. The maximum absolute atomic E-state index is 13.9. The summed E-state index contributed by atoms with van der Waals surface area (Å²) in [6.45, 7) is 15.1. The number of aromatic nitrogens is 2. The molecule has 4 atom stereocenters. The van der Waals surface area contributed by atoms with Crippen LogP contribution in [0.1, 0.15) is 83.2 Å². The van der Waals surface area contributed by atoms with E-state index in [0.29, 0.717) is 31.4 Å². The fourth-order valence-electron chi connectivity index (χ4n) is 7.67. The second-order valence-corrected chi connectivity index (χ2v) is 15.7. The molecule has 1 aliphatic heterocycles. The molecule has 1 aliphatic carbocycles. The second-order valence-electron chi connectivity index (χ2n) is 15.7. The predicted molar refractivity (Wildman–Crippen MR) is 210 cm³/mol. The highest BCUT2D eigenvalue weighted by atomic mass is 16.5. The van der Waals surface area contributed by atoms with Gasteiger partial charge in [0.05, 0.1) is 24.1 Å². The summed E-state index contributed by atoms with van der Waals surface area (Å²) in [5.41, 5.74) is 6.90. The van der Waals surface area contributed by atoms with Crippen molar-refractivity contribution in [2.24, 2.45) is 22.4 Å². The number of cyclic esters (lactones) is 1. The van der Waals surface area contributed by atoms with Gasteiger partial charge in [-0.05, 0) is 104 Å². The van der Waals surface area contributed by atoms with Gasteiger partial charge < -0.3 is 24.5 Å². The van der Waals surface area contributed by atoms with Crippen LogP contribution in [0.4, 0.5) is 0 Å². The SMILES string of the molecule is C=NN1CCCCC(=O)OCC(C)(C)Cc2c(-c3cccnc3[C@H](C)OC)n(CC)c3ccc(cc23)-c2cc(O)cc(c2)C[C@H](NC(=O)[C@@H]2C[C@H]2C)C1=O. The lowest BCUT2D eigenvalue weighted by Gasteiger charge is -2.26. The average Bonchev–Trinajstić information content (AvgIpc) is 3.82. The van der Waals surface area contributed by atoms with Crippen molar-refractivity contribution in [3.8, 4) is 28.1 Å². The summed E-state index contributed by atoms with van der Waals surface area (Å²) < 4.78 is 14.0. The van der Waals surface area contributed by atoms with E-state index in [4.69, 9.17) is 14.5 Å². The molecule has 54 heavy (non-hydrogen) atoms. The summed E-state index contributed by atoms with van der Waals surface area (Å²) in [4.78, 5) is 44.9. The van der Waals surface area contributed by atoms with Crippen LogP contribution in [0.2, 0.25) is 0 Å². The van der Waals surface area contributed by atoms with Crippen molar-refractivity contribution in [3.63, 3.8) is 0 Å². The topological polar surface area (TPSA) is 135 Å². The van der Waals surface area contributed by atoms with Gasteiger partial charge in [0, 0.05) is 73.8 Å². The molecule has 2 aliphatic rings. The van der Waals surface area contributed by atoms with Crippen LogP contribution in [0.25, 0.3) is 33.3 Å². The van der Waals surface area contributed by atoms with Crippen molar-refractivity contribution in [2.45, 2.75) is 91.8 Å². The molecule has 0 spiro atoms. The zero-order chi connectivity index (χ0) is 38.7. The molecule has 1 fully saturated rings. The Morgan fingerprint density at radius 1 is 1.17 bits per heavy atom. The van der Waals surface area contributed by atoms with Crippen molar-refractivity contribution < 1.29 is 29.0 Å². The Bertz CT molecular complexity index is 2050. The third-order valence-corrected chi connectivity index (χ3v) is 10.8. The highest BCUT2D eigenvalue weighted by Gasteiger charge is 2.41. The van der Waals surface area contributed by atoms with E-state index in [0.717, 1.165) is 51.0 Å². The first kappa shape index (κ1) is 38.7. The maximum atomic E-state index is 13.9. The van der Waals surface area contributed by atoms with Gasteiger partial charge in [0.2, 0.25) is 5.91 Å². The number of nitrogens with zero attached hydrogens (tertiary/aromatic N) is 4. The van der Waals surface area contributed by atoms with E-state index < -0.39 is 17.4 Å². The summed E-state index contributed by atoms with van der Waals surface area (Å²) in [5, 5.41) is 20.3. The first-order chi connectivity index (χ1) is 25.8. The Balaban J connectivity index is 1.51. The van der Waals surface area contributed by atoms with Gasteiger partial charge in [0.1, 0.15) is 11.8 Å². The number of aryl methyl sites for hydroxylation is 1. The number of carbonyl (C=O) groups is 3. The van der Waals surface area contributed by atoms with Gasteiger partial charge in [-0.3, -0.25) is 19.4 Å². The standard InChI is InChI=1S/C43H53N5O6/c1-8-47-37-15-14-29-23-34(37)35(40(47)32-12-11-16-45-39(32)27(3)53-7)24-43(4,5)25-54-38(50)13-9-10-17-48(44-6)42(52)36(46-41(51)33-18-26(33)2)21-28-19-30(29)22-31(49)20-28/h11-12,14-16,19-20,22-23,26-27,33,36,49H,6,8-10,13,17-18,21,24-25H2,1-5,7H3,(H,46,51)/t26-,27+,33-,36+/m1/s1. The van der Waals surface area contributed by atoms with E-state index >= 15 is 0 Å². The zero-order valence-corrected chi connectivity index (χ0v) is 32.4. The number of aromatic hydroxyl groups is 1. The van der Waals surface area contributed by atoms with Crippen molar-refractivity contribution in [2.75, 3.05) is 20.3 Å². The van der Waals surface area contributed by atoms with Crippen LogP contribution in [0, 0.1) is 17.3 Å². The van der Waals surface area contributed by atoms with E-state index in [2.05, 4.69) is 60.7 Å². The lowest BCUT2D eigenvalue weighted by molar-refractivity contribution is -0.146. The van der Waals surface area contributed by atoms with Gasteiger partial charge in [0.25, 0.3) is 5.91 Å². The number of rotatable bonds is 7. The van der Waals surface area contributed by atoms with Gasteiger partial charge in [0.15, 0.2) is 0 Å². The lowest BCUT2D eigenvalue weighted by Crippen LogP contribution is -2.49. The fraction of sp³-hybridized carbons (Fsp3) is 0.465. The van der Waals surface area contributed by atoms with Crippen LogP contribution < -0.4 is 5.32 Å². The number of pyridine rings is 1. The van der Waals surface area contributed by atoms with E-state index in [-0.39, 0.29) is 61.6 Å². The van der Waals surface area contributed by atoms with Crippen LogP contribution in [-0.4, -0.2) is 70.5 Å². The Kier molecular flexibility index (Phi) is 11.6. The molecule has 286 valence electrons. The Hall–Kier alpha value is -5.03. The molecular formula is C43H53N5O6. The van der Waals surface area contributed by atoms with Crippen LogP contribution in [0.15, 0.2) is 59.8 Å². The van der Waals surface area contributed by atoms with Crippen LogP contribution >= 0.6 is 0 Å². The number of carbonyl (C=O) groups excluding carboxylic acids is 3. The predicted octanol–water partition coefficient (Wildman–Crippen LogP) is 7.23. The number of esters is 1. The third-order valence-electron chi connectivity index (χ3n) is 10.8. The van der Waals surface area contributed by atoms with Crippen molar-refractivity contribution in [3.05, 3.63) is 71.5 Å². The number of benzene rings is 2. The minimum absolute atomic E-state index is 0.0559. The molecule has 4 aromatic rings. The van der Waals surface area contributed by atoms with E-state index in [1.807, 2.05) is 32.0 Å². The minimum atomic E-state index is -0.929. The molecule has 0 saturated heterocycles. The number of nitrogens with one attached hydrogen (secondary N) is 1. The number of hydrazone groups is 1. The number of ether oxygens (including phenoxy) is 2. The Labute approximate surface area is 317 Å². The molecule has 1 saturated carbocycles. The molecule has 6 rings (SSSR count). The van der Waals surface area contributed by atoms with Crippen LogP contribution in [0.5, 0.6) is 5.75 Å². The molecule has 0 radical (unpaired) electrons. The number of phenols is 1. The smallest absolute Gasteiger partial charge is 0.305 e. The number of hydrogen-bond donors (Lipinski definition) is 2. The summed E-state index contributed by atoms with van der Waals surface area (Å²) >= 11 is 0. The van der Waals surface area contributed by atoms with Crippen LogP contribution in [-0.2, 0) is 43.2 Å². The monoisotopic (exact) mass is 735 g/mol. The summed E-state index contributed by atoms with van der Waals surface area (Å²) in [6.07, 6.45) is 4.24. The van der Waals surface area contributed by atoms with E-state index in [1.165, 1.54) is 5.01 Å². The number of phenolic OH excluding ortho intramolecular Hbond substituents is 1. The first-order valence-corrected chi connectivity index (χ1v) is 19.0. The lowest BCUT2D eigenvalue weighted by atomic mass is 9.84. The van der Waals surface area contributed by atoms with Crippen molar-refractivity contribution >= 4 is 35.4 Å². The molecule has 4 bridgehead atoms. The van der Waals surface area contributed by atoms with Gasteiger partial charge in [-0.1, -0.05) is 32.9 Å². The molecule has 3 heterocycles. The Morgan fingerprint density at radius 3 is 2.65 bits per heavy atom. The van der Waals surface area contributed by atoms with Gasteiger partial charge >= 0.3 is 5.97 Å². The minimum Gasteiger partial charge on any atom is -0.508 e. The van der Waals surface area contributed by atoms with Gasteiger partial charge in [-0.15, -0.1) is 0 Å². The molecule has 11 nitrogen and oxygen atoms in total. The second kappa shape index (κ2) is 16.1. The normalized spacial score (nSPS) is 21.4. The number of hydrogen-bond acceptors (Lipinski definition) is 8. The zero-order valence-electron chi connectivity index (χ0n) is 32.4. The summed E-state index contributed by atoms with van der Waals surface area (Å²) in [6, 6.07) is 14.7. The highest BCUT2D eigenvalue weighted by Crippen LogP contribution is 2.42. The molecule has 2 N–H and O–H groups in total. The van der Waals surface area contributed by atoms with Crippen molar-refractivity contribution in [1.29, 1.82) is 0 Å². The molecule has 2 amide bonds. The first-order valence-electron chi connectivity index (χ1n) is 19.0. The number of amides is 2.